The lowest BCUT2D eigenvalue weighted by atomic mass is 9.97. The molecule has 0 bridgehead atoms. The van der Waals surface area contributed by atoms with Crippen molar-refractivity contribution in [1.82, 2.24) is 9.13 Å². The lowest BCUT2D eigenvalue weighted by Gasteiger charge is -2.14. The molecule has 0 unspecified atom stereocenters. The fourth-order valence-corrected chi connectivity index (χ4v) is 6.48. The molecule has 2 heterocycles. The standard InChI is InChI=1S/C55H38N2/c1-37-23-25-42(26-24-37)45-33-44(39-15-6-3-7-16-39)35-47(36-45)57-51-22-11-9-20-49(51)55-53(57)32-31-52-54(55)48-19-8-10-21-50(48)56(52)46-18-12-17-43(34-46)41-29-27-40(28-30-41)38-13-4-2-5-14-38/h2-36H,1H3/i2D,3D,4D,5D,6D,7D,8D,9D,10D,11D,12D,13D,14D,15D,16D,17D,18D,19D,20D,21D,22D,23D,24D,25D,26D,27D,28D,29D,30D,31D,32D,33D,34D,35D,36D. The molecular weight excluding hydrogens is 689 g/mol. The van der Waals surface area contributed by atoms with E-state index in [1.807, 2.05) is 0 Å². The molecule has 2 heteroatoms. The minimum Gasteiger partial charge on any atom is -0.309 e. The highest BCUT2D eigenvalue weighted by atomic mass is 15.0. The fraction of sp³-hybridized carbons (Fsp3) is 0.0182. The Morgan fingerprint density at radius 3 is 1.28 bits per heavy atom. The first kappa shape index (κ1) is 13.1. The Morgan fingerprint density at radius 1 is 0.298 bits per heavy atom. The van der Waals surface area contributed by atoms with Gasteiger partial charge in [0.2, 0.25) is 0 Å². The summed E-state index contributed by atoms with van der Waals surface area (Å²) in [5.41, 5.74) is -12.7. The van der Waals surface area contributed by atoms with Crippen molar-refractivity contribution in [2.24, 2.45) is 0 Å². The first-order valence-corrected chi connectivity index (χ1v) is 16.8. The van der Waals surface area contributed by atoms with Crippen molar-refractivity contribution in [1.29, 1.82) is 0 Å². The molecule has 0 spiro atoms. The predicted octanol–water partition coefficient (Wildman–Crippen LogP) is 14.9. The van der Waals surface area contributed by atoms with Gasteiger partial charge in [0.25, 0.3) is 0 Å². The fourth-order valence-electron chi connectivity index (χ4n) is 6.48. The summed E-state index contributed by atoms with van der Waals surface area (Å²) in [7, 11) is 0. The third-order valence-electron chi connectivity index (χ3n) is 8.92. The van der Waals surface area contributed by atoms with Crippen LogP contribution in [-0.2, 0) is 0 Å². The summed E-state index contributed by atoms with van der Waals surface area (Å²) in [6, 6.07) is -35.9. The van der Waals surface area contributed by atoms with Crippen LogP contribution in [0.4, 0.5) is 0 Å². The van der Waals surface area contributed by atoms with Gasteiger partial charge in [0, 0.05) is 32.9 Å². The molecule has 11 aromatic rings. The van der Waals surface area contributed by atoms with Crippen LogP contribution in [0, 0.1) is 6.92 Å². The smallest absolute Gasteiger partial charge is 0.0651 e. The third-order valence-corrected chi connectivity index (χ3v) is 8.92. The van der Waals surface area contributed by atoms with Gasteiger partial charge < -0.3 is 9.13 Å². The highest BCUT2D eigenvalue weighted by Gasteiger charge is 2.21. The SMILES string of the molecule is [2H]c1c([2H])c([2H])c(-c2c([2H])c([2H])c(-c3c([2H])c([2H])c([2H])c(-n4c5c([2H])c([2H])c([2H])c([2H])c5c5c6c7c([2H])c([2H])c([2H])c([2H])c7n(-c7c([2H])c(-c8c([2H])c([2H])c([2H])c([2H])c8[2H])c([2H])c(-c8c([2H])c([2H])c(C)c([2H])c8[2H])c7[2H])c6c([2H])c([2H])c54)c3[2H])c([2H])c2[2H])c([2H])c1[2H]. The molecule has 0 amide bonds. The molecular formula is C55H38N2. The summed E-state index contributed by atoms with van der Waals surface area (Å²) in [4.78, 5) is 0. The topological polar surface area (TPSA) is 9.86 Å². The van der Waals surface area contributed by atoms with Gasteiger partial charge >= 0.3 is 0 Å². The Kier molecular flexibility index (Phi) is 3.08. The predicted molar refractivity (Wildman–Crippen MR) is 242 cm³/mol. The highest BCUT2D eigenvalue weighted by Crippen LogP contribution is 2.43. The van der Waals surface area contributed by atoms with E-state index in [2.05, 4.69) is 0 Å². The lowest BCUT2D eigenvalue weighted by Crippen LogP contribution is -1.96. The number of aromatic nitrogens is 2. The van der Waals surface area contributed by atoms with E-state index in [0.717, 1.165) is 0 Å². The molecule has 0 radical (unpaired) electrons. The van der Waals surface area contributed by atoms with Crippen molar-refractivity contribution in [2.75, 3.05) is 0 Å². The van der Waals surface area contributed by atoms with Gasteiger partial charge in [-0.3, -0.25) is 0 Å². The number of hydrogen-bond donors (Lipinski definition) is 0. The normalized spacial score (nSPS) is 20.2. The Hall–Kier alpha value is -7.42. The Bertz CT molecular complexity index is 5140. The van der Waals surface area contributed by atoms with Gasteiger partial charge in [-0.1, -0.05) is 163 Å². The molecule has 57 heavy (non-hydrogen) atoms. The van der Waals surface area contributed by atoms with E-state index in [1.54, 1.807) is 0 Å². The molecule has 0 fully saturated rings. The zero-order valence-corrected chi connectivity index (χ0v) is 28.9. The van der Waals surface area contributed by atoms with Gasteiger partial charge in [-0.15, -0.1) is 0 Å². The average molecular weight is 762 g/mol. The molecule has 11 rings (SSSR count). The molecule has 0 aliphatic heterocycles. The van der Waals surface area contributed by atoms with Crippen molar-refractivity contribution < 1.29 is 48.0 Å². The Labute approximate surface area is 381 Å². The Morgan fingerprint density at radius 2 is 0.702 bits per heavy atom. The van der Waals surface area contributed by atoms with E-state index in [9.17, 15) is 20.6 Å². The second-order valence-corrected chi connectivity index (χ2v) is 12.3. The van der Waals surface area contributed by atoms with Crippen molar-refractivity contribution >= 4 is 43.6 Å². The summed E-state index contributed by atoms with van der Waals surface area (Å²) in [5.74, 6) is 0. The van der Waals surface area contributed by atoms with Crippen LogP contribution in [0.15, 0.2) is 211 Å². The number of fused-ring (bicyclic) bond motifs is 7. The number of rotatable bonds is 6. The van der Waals surface area contributed by atoms with Crippen LogP contribution in [0.2, 0.25) is 0 Å². The number of benzene rings is 9. The Balaban J connectivity index is 1.40. The molecule has 0 aliphatic carbocycles. The van der Waals surface area contributed by atoms with E-state index < -0.39 is 311 Å². The van der Waals surface area contributed by atoms with Crippen LogP contribution in [0.5, 0.6) is 0 Å². The van der Waals surface area contributed by atoms with Crippen LogP contribution >= 0.6 is 0 Å². The first-order valence-electron chi connectivity index (χ1n) is 34.3. The van der Waals surface area contributed by atoms with E-state index in [4.69, 9.17) is 27.4 Å². The maximum absolute atomic E-state index is 10.1. The van der Waals surface area contributed by atoms with Crippen LogP contribution < -0.4 is 0 Å². The summed E-state index contributed by atoms with van der Waals surface area (Å²) in [6.07, 6.45) is 0. The van der Waals surface area contributed by atoms with Crippen molar-refractivity contribution in [3.8, 4) is 55.9 Å². The quantitative estimate of drug-likeness (QED) is 0.160. The average Bonchev–Trinajstić information content (AvgIpc) is 1.49. The van der Waals surface area contributed by atoms with Gasteiger partial charge in [0.05, 0.1) is 70.0 Å². The zero-order valence-electron chi connectivity index (χ0n) is 63.9. The molecule has 0 N–H and O–H groups in total. The van der Waals surface area contributed by atoms with Crippen molar-refractivity contribution in [3.63, 3.8) is 0 Å². The van der Waals surface area contributed by atoms with E-state index in [1.165, 1.54) is 6.92 Å². The summed E-state index contributed by atoms with van der Waals surface area (Å²) < 4.78 is 321. The van der Waals surface area contributed by atoms with Crippen LogP contribution in [-0.4, -0.2) is 9.13 Å². The van der Waals surface area contributed by atoms with Gasteiger partial charge in [-0.2, -0.15) is 0 Å². The first-order chi connectivity index (χ1) is 42.8. The second-order valence-electron chi connectivity index (χ2n) is 12.3. The van der Waals surface area contributed by atoms with Crippen molar-refractivity contribution in [3.05, 3.63) is 217 Å². The maximum Gasteiger partial charge on any atom is 0.0651 e. The molecule has 0 saturated heterocycles. The summed E-state index contributed by atoms with van der Waals surface area (Å²) in [5, 5.41) is -2.79. The highest BCUT2D eigenvalue weighted by molar-refractivity contribution is 6.29. The summed E-state index contributed by atoms with van der Waals surface area (Å²) >= 11 is 0. The molecule has 0 aliphatic rings. The molecule has 0 saturated carbocycles. The molecule has 9 aromatic carbocycles. The van der Waals surface area contributed by atoms with Crippen LogP contribution in [0.1, 0.15) is 53.5 Å². The number of hydrogen-bond acceptors (Lipinski definition) is 0. The third kappa shape index (κ3) is 5.57. The second kappa shape index (κ2) is 13.4. The lowest BCUT2D eigenvalue weighted by molar-refractivity contribution is 1.17. The van der Waals surface area contributed by atoms with Crippen molar-refractivity contribution in [2.45, 2.75) is 6.92 Å². The minimum absolute atomic E-state index is 0.220. The van der Waals surface area contributed by atoms with Gasteiger partial charge in [0.15, 0.2) is 0 Å². The molecule has 2 nitrogen and oxygen atoms in total. The van der Waals surface area contributed by atoms with Gasteiger partial charge in [-0.05, 0) is 106 Å². The number of nitrogens with zero attached hydrogens (tertiary/aromatic N) is 2. The van der Waals surface area contributed by atoms with E-state index in [0.29, 0.717) is 9.13 Å². The summed E-state index contributed by atoms with van der Waals surface area (Å²) in [6.45, 7) is 1.23. The van der Waals surface area contributed by atoms with Crippen LogP contribution in [0.25, 0.3) is 99.5 Å². The molecule has 268 valence electrons. The van der Waals surface area contributed by atoms with E-state index >= 15 is 0 Å². The van der Waals surface area contributed by atoms with Crippen LogP contribution in [0.3, 0.4) is 0 Å². The number of para-hydroxylation sites is 2. The zero-order chi connectivity index (χ0) is 68.3. The minimum atomic E-state index is -1.18. The monoisotopic (exact) mass is 762 g/mol. The molecule has 0 atom stereocenters. The van der Waals surface area contributed by atoms with Gasteiger partial charge in [0.1, 0.15) is 0 Å². The van der Waals surface area contributed by atoms with Gasteiger partial charge in [-0.25, -0.2) is 0 Å². The van der Waals surface area contributed by atoms with E-state index in [-0.39, 0.29) is 5.56 Å². The largest absolute Gasteiger partial charge is 0.309 e. The maximum atomic E-state index is 10.1. The molecule has 2 aromatic heterocycles.